The number of aldehydes is 1. The van der Waals surface area contributed by atoms with Gasteiger partial charge in [-0.2, -0.15) is 0 Å². The van der Waals surface area contributed by atoms with Crippen LogP contribution in [0.1, 0.15) is 15.9 Å². The molecule has 8 nitrogen and oxygen atoms in total. The van der Waals surface area contributed by atoms with E-state index in [2.05, 4.69) is 0 Å². The van der Waals surface area contributed by atoms with Gasteiger partial charge >= 0.3 is 0 Å². The van der Waals surface area contributed by atoms with Crippen molar-refractivity contribution in [2.24, 2.45) is 0 Å². The van der Waals surface area contributed by atoms with Gasteiger partial charge in [-0.05, 0) is 41.0 Å². The molecule has 0 bridgehead atoms. The lowest BCUT2D eigenvalue weighted by atomic mass is 10.0. The highest BCUT2D eigenvalue weighted by molar-refractivity contribution is 5.82. The number of aliphatic hydroxyl groups is 5. The van der Waals surface area contributed by atoms with Crippen molar-refractivity contribution in [2.45, 2.75) is 31.0 Å². The molecule has 0 aliphatic heterocycles. The first kappa shape index (κ1) is 25.4. The van der Waals surface area contributed by atoms with Crippen LogP contribution in [-0.2, 0) is 6.61 Å². The smallest absolute Gasteiger partial charge is 0.153 e. The summed E-state index contributed by atoms with van der Waals surface area (Å²) >= 11 is 0. The van der Waals surface area contributed by atoms with Crippen molar-refractivity contribution >= 4 is 6.29 Å². The molecule has 8 heteroatoms. The zero-order valence-corrected chi connectivity index (χ0v) is 18.4. The lowest BCUT2D eigenvalue weighted by molar-refractivity contribution is -0.121. The topological polar surface area (TPSA) is 137 Å². The van der Waals surface area contributed by atoms with E-state index in [9.17, 15) is 25.2 Å². The van der Waals surface area contributed by atoms with Crippen molar-refractivity contribution < 1.29 is 39.8 Å². The number of carbonyl (C=O) groups excluding carboxylic acids is 1. The zero-order valence-electron chi connectivity index (χ0n) is 18.4. The van der Waals surface area contributed by atoms with Crippen molar-refractivity contribution in [1.82, 2.24) is 0 Å². The molecule has 0 saturated carbocycles. The van der Waals surface area contributed by atoms with Gasteiger partial charge in [0.1, 0.15) is 49.1 Å². The number of hydrogen-bond donors (Lipinski definition) is 5. The Bertz CT molecular complexity index is 1040. The highest BCUT2D eigenvalue weighted by Gasteiger charge is 2.30. The Labute approximate surface area is 197 Å². The van der Waals surface area contributed by atoms with Gasteiger partial charge in [0.05, 0.1) is 12.2 Å². The van der Waals surface area contributed by atoms with Crippen LogP contribution in [0.2, 0.25) is 0 Å². The number of hydrogen-bond acceptors (Lipinski definition) is 8. The minimum Gasteiger partial charge on any atom is -0.491 e. The van der Waals surface area contributed by atoms with Crippen LogP contribution in [0, 0.1) is 0 Å². The van der Waals surface area contributed by atoms with Gasteiger partial charge in [-0.3, -0.25) is 4.79 Å². The summed E-state index contributed by atoms with van der Waals surface area (Å²) in [4.78, 5) is 11.4. The van der Waals surface area contributed by atoms with Crippen LogP contribution >= 0.6 is 0 Å². The van der Waals surface area contributed by atoms with E-state index >= 15 is 0 Å². The van der Waals surface area contributed by atoms with Crippen LogP contribution in [0.15, 0.2) is 72.8 Å². The Kier molecular flexibility index (Phi) is 9.15. The molecule has 0 fully saturated rings. The molecule has 4 atom stereocenters. The van der Waals surface area contributed by atoms with E-state index in [0.717, 1.165) is 23.0 Å². The summed E-state index contributed by atoms with van der Waals surface area (Å²) in [6.07, 6.45) is -5.70. The lowest BCUT2D eigenvalue weighted by Crippen LogP contribution is -2.47. The van der Waals surface area contributed by atoms with Gasteiger partial charge in [0.2, 0.25) is 0 Å². The van der Waals surface area contributed by atoms with Crippen LogP contribution in [0.25, 0.3) is 11.1 Å². The lowest BCUT2D eigenvalue weighted by Gasteiger charge is -2.25. The fourth-order valence-corrected chi connectivity index (χ4v) is 3.26. The summed E-state index contributed by atoms with van der Waals surface area (Å²) in [6, 6.07) is 21.8. The first-order valence-corrected chi connectivity index (χ1v) is 10.7. The van der Waals surface area contributed by atoms with Crippen LogP contribution in [-0.4, -0.2) is 69.4 Å². The maximum Gasteiger partial charge on any atom is 0.153 e. The largest absolute Gasteiger partial charge is 0.491 e. The van der Waals surface area contributed by atoms with Crippen LogP contribution in [0.5, 0.6) is 11.5 Å². The Hall–Kier alpha value is -3.27. The Morgan fingerprint density at radius 3 is 2.06 bits per heavy atom. The second-order valence-electron chi connectivity index (χ2n) is 7.78. The first-order chi connectivity index (χ1) is 16.4. The van der Waals surface area contributed by atoms with E-state index in [1.54, 1.807) is 36.4 Å². The second kappa shape index (κ2) is 12.3. The molecule has 3 rings (SSSR count). The fourth-order valence-electron chi connectivity index (χ4n) is 3.26. The minimum atomic E-state index is -1.71. The Balaban J connectivity index is 1.64. The van der Waals surface area contributed by atoms with Crippen molar-refractivity contribution in [3.63, 3.8) is 0 Å². The molecule has 0 heterocycles. The minimum absolute atomic E-state index is 0.329. The highest BCUT2D eigenvalue weighted by Crippen LogP contribution is 2.29. The fraction of sp³-hybridized carbons (Fsp3) is 0.269. The van der Waals surface area contributed by atoms with Gasteiger partial charge in [-0.15, -0.1) is 0 Å². The maximum absolute atomic E-state index is 11.4. The number of benzene rings is 3. The summed E-state index contributed by atoms with van der Waals surface area (Å²) in [7, 11) is 0. The van der Waals surface area contributed by atoms with Crippen LogP contribution in [0.4, 0.5) is 0 Å². The Morgan fingerprint density at radius 1 is 0.765 bits per heavy atom. The normalized spacial score (nSPS) is 14.6. The molecule has 34 heavy (non-hydrogen) atoms. The molecule has 180 valence electrons. The number of rotatable bonds is 12. The monoisotopic (exact) mass is 468 g/mol. The predicted octanol–water partition coefficient (Wildman–Crippen LogP) is 1.56. The van der Waals surface area contributed by atoms with E-state index in [4.69, 9.17) is 14.6 Å². The van der Waals surface area contributed by atoms with Crippen molar-refractivity contribution in [1.29, 1.82) is 0 Å². The standard InChI is InChI=1S/C26H28O8/c27-13-20-7-6-19(12-24(20)34-15-17-4-2-1-3-5-17)18-8-10-21(11-9-18)33-16-23(30)26(32)25(31)22(29)14-28/h1-13,22-23,25-26,28-32H,14-16H2. The molecule has 0 aliphatic rings. The van der Waals surface area contributed by atoms with E-state index in [1.807, 2.05) is 36.4 Å². The van der Waals surface area contributed by atoms with Gasteiger partial charge < -0.3 is 35.0 Å². The van der Waals surface area contributed by atoms with E-state index in [1.165, 1.54) is 0 Å². The van der Waals surface area contributed by atoms with Gasteiger partial charge in [0.15, 0.2) is 6.29 Å². The molecule has 0 spiro atoms. The van der Waals surface area contributed by atoms with Crippen molar-refractivity contribution in [3.05, 3.63) is 83.9 Å². The molecule has 3 aromatic carbocycles. The summed E-state index contributed by atoms with van der Waals surface area (Å²) < 4.78 is 11.3. The number of carbonyl (C=O) groups is 1. The average Bonchev–Trinajstić information content (AvgIpc) is 2.89. The molecule has 0 aromatic heterocycles. The molecule has 0 saturated heterocycles. The van der Waals surface area contributed by atoms with Gasteiger partial charge in [-0.25, -0.2) is 0 Å². The first-order valence-electron chi connectivity index (χ1n) is 10.7. The molecular formula is C26H28O8. The molecule has 0 aliphatic carbocycles. The summed E-state index contributed by atoms with van der Waals surface area (Å²) in [5.74, 6) is 0.884. The summed E-state index contributed by atoms with van der Waals surface area (Å²) in [5.41, 5.74) is 3.10. The number of aliphatic hydroxyl groups excluding tert-OH is 5. The summed E-state index contributed by atoms with van der Waals surface area (Å²) in [6.45, 7) is -0.753. The van der Waals surface area contributed by atoms with Crippen LogP contribution in [0.3, 0.4) is 0 Å². The highest BCUT2D eigenvalue weighted by atomic mass is 16.5. The molecule has 0 amide bonds. The third kappa shape index (κ3) is 6.63. The third-order valence-corrected chi connectivity index (χ3v) is 5.31. The molecule has 5 N–H and O–H groups in total. The van der Waals surface area contributed by atoms with Crippen LogP contribution < -0.4 is 9.47 Å². The number of ether oxygens (including phenoxy) is 2. The molecule has 4 unspecified atom stereocenters. The maximum atomic E-state index is 11.4. The second-order valence-corrected chi connectivity index (χ2v) is 7.78. The van der Waals surface area contributed by atoms with Gasteiger partial charge in [0.25, 0.3) is 0 Å². The van der Waals surface area contributed by atoms with E-state index in [0.29, 0.717) is 23.7 Å². The zero-order chi connectivity index (χ0) is 24.5. The van der Waals surface area contributed by atoms with Crippen molar-refractivity contribution in [2.75, 3.05) is 13.2 Å². The predicted molar refractivity (Wildman–Crippen MR) is 125 cm³/mol. The molecule has 3 aromatic rings. The quantitative estimate of drug-likeness (QED) is 0.253. The molecular weight excluding hydrogens is 440 g/mol. The average molecular weight is 469 g/mol. The SMILES string of the molecule is O=Cc1ccc(-c2ccc(OCC(O)C(O)C(O)C(O)CO)cc2)cc1OCc1ccccc1. The van der Waals surface area contributed by atoms with Crippen molar-refractivity contribution in [3.8, 4) is 22.6 Å². The Morgan fingerprint density at radius 2 is 1.41 bits per heavy atom. The van der Waals surface area contributed by atoms with E-state index < -0.39 is 31.0 Å². The third-order valence-electron chi connectivity index (χ3n) is 5.31. The van der Waals surface area contributed by atoms with E-state index in [-0.39, 0.29) is 6.61 Å². The van der Waals surface area contributed by atoms with Gasteiger partial charge in [0, 0.05) is 0 Å². The van der Waals surface area contributed by atoms with Gasteiger partial charge in [-0.1, -0.05) is 48.5 Å². The molecule has 0 radical (unpaired) electrons. The summed E-state index contributed by atoms with van der Waals surface area (Å²) in [5, 5.41) is 47.7.